The van der Waals surface area contributed by atoms with Gasteiger partial charge in [0.25, 0.3) is 5.69 Å². The predicted molar refractivity (Wildman–Crippen MR) is 85.3 cm³/mol. The van der Waals surface area contributed by atoms with Crippen molar-refractivity contribution in [2.75, 3.05) is 30.8 Å². The Labute approximate surface area is 132 Å². The molecule has 1 aromatic rings. The van der Waals surface area contributed by atoms with E-state index >= 15 is 0 Å². The van der Waals surface area contributed by atoms with Gasteiger partial charge in [0, 0.05) is 30.6 Å². The molecule has 2 rings (SSSR count). The van der Waals surface area contributed by atoms with Crippen molar-refractivity contribution in [1.29, 1.82) is 0 Å². The number of nitrogens with one attached hydrogen (secondary N) is 1. The minimum absolute atomic E-state index is 0.103. The van der Waals surface area contributed by atoms with Crippen LogP contribution in [0.25, 0.3) is 0 Å². The molecule has 0 atom stereocenters. The van der Waals surface area contributed by atoms with Gasteiger partial charge in [-0.15, -0.1) is 0 Å². The van der Waals surface area contributed by atoms with Crippen molar-refractivity contribution >= 4 is 34.9 Å². The van der Waals surface area contributed by atoms with Crippen LogP contribution in [0.3, 0.4) is 0 Å². The van der Waals surface area contributed by atoms with E-state index in [4.69, 9.17) is 16.3 Å². The maximum absolute atomic E-state index is 10.7. The maximum Gasteiger partial charge on any atom is 0.289 e. The molecule has 0 saturated carbocycles. The summed E-state index contributed by atoms with van der Waals surface area (Å²) in [6.07, 6.45) is 3.17. The molecule has 1 aliphatic rings. The summed E-state index contributed by atoms with van der Waals surface area (Å²) in [7, 11) is 0. The zero-order valence-corrected chi connectivity index (χ0v) is 13.4. The van der Waals surface area contributed by atoms with Crippen LogP contribution >= 0.6 is 23.4 Å². The van der Waals surface area contributed by atoms with Crippen molar-refractivity contribution in [3.8, 4) is 0 Å². The quantitative estimate of drug-likeness (QED) is 0.636. The van der Waals surface area contributed by atoms with E-state index in [0.29, 0.717) is 5.82 Å². The summed E-state index contributed by atoms with van der Waals surface area (Å²) < 4.78 is 5.54. The number of ether oxygens (including phenoxy) is 1. The number of hydrogen-bond acceptors (Lipinski definition) is 6. The summed E-state index contributed by atoms with van der Waals surface area (Å²) in [6.45, 7) is 4.38. The van der Waals surface area contributed by atoms with E-state index in [9.17, 15) is 10.1 Å². The van der Waals surface area contributed by atoms with Crippen LogP contribution in [0.1, 0.15) is 19.8 Å². The lowest BCUT2D eigenvalue weighted by molar-refractivity contribution is -0.385. The van der Waals surface area contributed by atoms with E-state index in [-0.39, 0.29) is 15.5 Å². The second-order valence-electron chi connectivity index (χ2n) is 4.86. The molecule has 0 aliphatic carbocycles. The summed E-state index contributed by atoms with van der Waals surface area (Å²) in [5.74, 6) is 1.52. The smallest absolute Gasteiger partial charge is 0.289 e. The van der Waals surface area contributed by atoms with Gasteiger partial charge < -0.3 is 10.1 Å². The lowest BCUT2D eigenvalue weighted by Gasteiger charge is -2.36. The third kappa shape index (κ3) is 4.21. The van der Waals surface area contributed by atoms with Crippen molar-refractivity contribution in [2.45, 2.75) is 24.5 Å². The average Bonchev–Trinajstić information content (AvgIpc) is 2.47. The molecule has 1 fully saturated rings. The highest BCUT2D eigenvalue weighted by Crippen LogP contribution is 2.36. The van der Waals surface area contributed by atoms with Crippen LogP contribution in [-0.4, -0.2) is 40.2 Å². The highest BCUT2D eigenvalue weighted by atomic mass is 35.5. The first kappa shape index (κ1) is 16.3. The zero-order chi connectivity index (χ0) is 15.3. The van der Waals surface area contributed by atoms with Gasteiger partial charge in [-0.2, -0.15) is 11.8 Å². The molecular weight excluding hydrogens is 314 g/mol. The Morgan fingerprint density at radius 3 is 2.86 bits per heavy atom. The number of halogens is 1. The van der Waals surface area contributed by atoms with E-state index < -0.39 is 4.92 Å². The molecule has 116 valence electrons. The molecule has 2 heterocycles. The highest BCUT2D eigenvalue weighted by molar-refractivity contribution is 8.00. The molecule has 1 saturated heterocycles. The largest absolute Gasteiger partial charge is 0.381 e. The lowest BCUT2D eigenvalue weighted by Crippen LogP contribution is -2.40. The van der Waals surface area contributed by atoms with Crippen LogP contribution in [0.2, 0.25) is 5.02 Å². The standard InChI is InChI=1S/C13H18ClN3O3S/c1-2-21-13(3-5-20-6-4-13)9-16-12-11(14)7-10(8-15-12)17(18)19/h7-8H,2-6,9H2,1H3,(H,15,16). The number of nitrogens with zero attached hydrogens (tertiary/aromatic N) is 2. The molecule has 6 nitrogen and oxygen atoms in total. The van der Waals surface area contributed by atoms with E-state index in [1.165, 1.54) is 12.3 Å². The van der Waals surface area contributed by atoms with Crippen molar-refractivity contribution in [1.82, 2.24) is 4.98 Å². The van der Waals surface area contributed by atoms with E-state index in [1.807, 2.05) is 11.8 Å². The molecule has 0 amide bonds. The lowest BCUT2D eigenvalue weighted by atomic mass is 9.99. The molecule has 0 bridgehead atoms. The Bertz CT molecular complexity index is 504. The molecule has 1 aromatic heterocycles. The van der Waals surface area contributed by atoms with Crippen LogP contribution < -0.4 is 5.32 Å². The molecular formula is C13H18ClN3O3S. The number of nitro groups is 1. The summed E-state index contributed by atoms with van der Waals surface area (Å²) in [6, 6.07) is 1.32. The Morgan fingerprint density at radius 2 is 2.29 bits per heavy atom. The third-order valence-corrected chi connectivity index (χ3v) is 5.21. The average molecular weight is 332 g/mol. The third-order valence-electron chi connectivity index (χ3n) is 3.47. The van der Waals surface area contributed by atoms with Crippen LogP contribution in [0, 0.1) is 10.1 Å². The second-order valence-corrected chi connectivity index (χ2v) is 7.00. The Kier molecular flexibility index (Phi) is 5.66. The van der Waals surface area contributed by atoms with E-state index in [2.05, 4.69) is 17.2 Å². The van der Waals surface area contributed by atoms with Crippen LogP contribution in [0.15, 0.2) is 12.3 Å². The maximum atomic E-state index is 10.7. The van der Waals surface area contributed by atoms with Gasteiger partial charge in [0.1, 0.15) is 12.0 Å². The Morgan fingerprint density at radius 1 is 1.57 bits per heavy atom. The molecule has 1 N–H and O–H groups in total. The molecule has 0 unspecified atom stereocenters. The molecule has 8 heteroatoms. The summed E-state index contributed by atoms with van der Waals surface area (Å²) in [5, 5.41) is 14.2. The highest BCUT2D eigenvalue weighted by Gasteiger charge is 2.32. The minimum atomic E-state index is -0.504. The SMILES string of the molecule is CCSC1(CNc2ncc([N+](=O)[O-])cc2Cl)CCOCC1. The van der Waals surface area contributed by atoms with Gasteiger partial charge in [-0.25, -0.2) is 4.98 Å². The number of pyridine rings is 1. The first-order valence-electron chi connectivity index (χ1n) is 6.82. The van der Waals surface area contributed by atoms with Crippen LogP contribution in [0.4, 0.5) is 11.5 Å². The Hall–Kier alpha value is -1.05. The van der Waals surface area contributed by atoms with Gasteiger partial charge in [0.05, 0.1) is 9.95 Å². The van der Waals surface area contributed by atoms with Gasteiger partial charge in [-0.3, -0.25) is 10.1 Å². The van der Waals surface area contributed by atoms with Gasteiger partial charge in [0.15, 0.2) is 0 Å². The summed E-state index contributed by atoms with van der Waals surface area (Å²) >= 11 is 7.96. The number of hydrogen-bond donors (Lipinski definition) is 1. The molecule has 0 aromatic carbocycles. The normalized spacial score (nSPS) is 17.4. The number of thioether (sulfide) groups is 1. The number of aromatic nitrogens is 1. The van der Waals surface area contributed by atoms with Gasteiger partial charge in [0.2, 0.25) is 0 Å². The number of anilines is 1. The first-order chi connectivity index (χ1) is 10.1. The van der Waals surface area contributed by atoms with Crippen LogP contribution in [-0.2, 0) is 4.74 Å². The van der Waals surface area contributed by atoms with Crippen molar-refractivity contribution in [3.63, 3.8) is 0 Å². The van der Waals surface area contributed by atoms with E-state index in [1.54, 1.807) is 0 Å². The Balaban J connectivity index is 2.05. The molecule has 0 radical (unpaired) electrons. The monoisotopic (exact) mass is 331 g/mol. The molecule has 21 heavy (non-hydrogen) atoms. The fourth-order valence-corrected chi connectivity index (χ4v) is 3.79. The molecule has 0 spiro atoms. The van der Waals surface area contributed by atoms with Gasteiger partial charge in [-0.05, 0) is 18.6 Å². The summed E-state index contributed by atoms with van der Waals surface area (Å²) in [5.41, 5.74) is -0.103. The summed E-state index contributed by atoms with van der Waals surface area (Å²) in [4.78, 5) is 14.2. The van der Waals surface area contributed by atoms with Crippen molar-refractivity contribution in [3.05, 3.63) is 27.4 Å². The van der Waals surface area contributed by atoms with Gasteiger partial charge in [-0.1, -0.05) is 18.5 Å². The van der Waals surface area contributed by atoms with Gasteiger partial charge >= 0.3 is 0 Å². The molecule has 1 aliphatic heterocycles. The van der Waals surface area contributed by atoms with E-state index in [0.717, 1.165) is 38.4 Å². The zero-order valence-electron chi connectivity index (χ0n) is 11.8. The van der Waals surface area contributed by atoms with Crippen molar-refractivity contribution < 1.29 is 9.66 Å². The number of rotatable bonds is 6. The van der Waals surface area contributed by atoms with Crippen LogP contribution in [0.5, 0.6) is 0 Å². The van der Waals surface area contributed by atoms with Crippen molar-refractivity contribution in [2.24, 2.45) is 0 Å². The second kappa shape index (κ2) is 7.29. The minimum Gasteiger partial charge on any atom is -0.381 e. The fourth-order valence-electron chi connectivity index (χ4n) is 2.32. The predicted octanol–water partition coefficient (Wildman–Crippen LogP) is 3.36. The topological polar surface area (TPSA) is 77.3 Å². The fraction of sp³-hybridized carbons (Fsp3) is 0.615. The first-order valence-corrected chi connectivity index (χ1v) is 8.18.